The molecule has 0 aliphatic carbocycles. The Hall–Kier alpha value is -3.19. The van der Waals surface area contributed by atoms with Crippen molar-refractivity contribution in [3.8, 4) is 0 Å². The molecule has 4 rings (SSSR count). The largest absolute Gasteiger partial charge is 0.398 e. The molecule has 2 aromatic carbocycles. The zero-order chi connectivity index (χ0) is 29.8. The lowest BCUT2D eigenvalue weighted by Gasteiger charge is -2.31. The lowest BCUT2D eigenvalue weighted by atomic mass is 9.96. The van der Waals surface area contributed by atoms with Crippen LogP contribution in [0.25, 0.3) is 0 Å². The number of aliphatic imine (C=N–C) groups is 1. The Morgan fingerprint density at radius 1 is 1.10 bits per heavy atom. The van der Waals surface area contributed by atoms with Gasteiger partial charge in [0.05, 0.1) is 11.4 Å². The van der Waals surface area contributed by atoms with E-state index in [4.69, 9.17) is 5.73 Å². The molecule has 2 fully saturated rings. The number of benzene rings is 2. The summed E-state index contributed by atoms with van der Waals surface area (Å²) < 4.78 is 65.3. The molecule has 7 nitrogen and oxygen atoms in total. The predicted octanol–water partition coefficient (Wildman–Crippen LogP) is 5.44. The molecule has 2 saturated heterocycles. The van der Waals surface area contributed by atoms with E-state index in [2.05, 4.69) is 10.3 Å². The van der Waals surface area contributed by atoms with E-state index < -0.39 is 22.0 Å². The van der Waals surface area contributed by atoms with Crippen LogP contribution in [0.5, 0.6) is 0 Å². The molecule has 41 heavy (non-hydrogen) atoms. The van der Waals surface area contributed by atoms with Crippen LogP contribution in [0.1, 0.15) is 51.1 Å². The summed E-state index contributed by atoms with van der Waals surface area (Å²) in [6.45, 7) is 3.86. The minimum absolute atomic E-state index is 0.165. The number of rotatable bonds is 9. The van der Waals surface area contributed by atoms with Gasteiger partial charge < -0.3 is 16.0 Å². The Kier molecular flexibility index (Phi) is 9.58. The van der Waals surface area contributed by atoms with Gasteiger partial charge in [0.15, 0.2) is 0 Å². The number of piperidine rings is 1. The quantitative estimate of drug-likeness (QED) is 0.228. The minimum atomic E-state index is -5.32. The van der Waals surface area contributed by atoms with Crippen molar-refractivity contribution in [1.29, 1.82) is 0 Å². The van der Waals surface area contributed by atoms with E-state index in [9.17, 15) is 30.0 Å². The molecule has 2 aliphatic rings. The van der Waals surface area contributed by atoms with Crippen LogP contribution in [0.15, 0.2) is 46.3 Å². The van der Waals surface area contributed by atoms with Gasteiger partial charge in [0.2, 0.25) is 11.2 Å². The fourth-order valence-electron chi connectivity index (χ4n) is 5.13. The SMILES string of the molecule is Cc1c(C(=O)NCCN2CCC(F)(F)C2)ccc(N)c1C=NCC1CCN(C(=O)c2ccc(S(F)(F)F)cc2)CC1. The van der Waals surface area contributed by atoms with Crippen LogP contribution in [-0.2, 0) is 0 Å². The van der Waals surface area contributed by atoms with E-state index in [0.29, 0.717) is 67.9 Å². The van der Waals surface area contributed by atoms with Gasteiger partial charge in [-0.15, -0.1) is 11.7 Å². The first-order valence-corrected chi connectivity index (χ1v) is 14.8. The van der Waals surface area contributed by atoms with Crippen molar-refractivity contribution in [2.45, 2.75) is 37.0 Å². The van der Waals surface area contributed by atoms with Crippen molar-refractivity contribution in [2.75, 3.05) is 51.5 Å². The van der Waals surface area contributed by atoms with Gasteiger partial charge in [-0.25, -0.2) is 8.78 Å². The smallest absolute Gasteiger partial charge is 0.261 e. The van der Waals surface area contributed by atoms with Crippen LogP contribution >= 0.6 is 11.2 Å². The molecule has 0 radical (unpaired) electrons. The van der Waals surface area contributed by atoms with Gasteiger partial charge in [-0.2, -0.15) is 0 Å². The molecule has 2 amide bonds. The molecule has 224 valence electrons. The van der Waals surface area contributed by atoms with E-state index >= 15 is 0 Å². The molecule has 0 unspecified atom stereocenters. The first-order valence-electron chi connectivity index (χ1n) is 13.4. The molecule has 0 saturated carbocycles. The first-order chi connectivity index (χ1) is 19.3. The second-order valence-corrected chi connectivity index (χ2v) is 11.8. The number of carbonyl (C=O) groups excluding carboxylic acids is 2. The summed E-state index contributed by atoms with van der Waals surface area (Å²) in [4.78, 5) is 32.6. The Morgan fingerprint density at radius 2 is 1.78 bits per heavy atom. The van der Waals surface area contributed by atoms with Crippen LogP contribution in [0.2, 0.25) is 0 Å². The Bertz CT molecular complexity index is 1280. The highest BCUT2D eigenvalue weighted by atomic mass is 32.3. The fourth-order valence-corrected chi connectivity index (χ4v) is 5.58. The maximum Gasteiger partial charge on any atom is 0.261 e. The normalized spacial score (nSPS) is 18.6. The minimum Gasteiger partial charge on any atom is -0.398 e. The second-order valence-electron chi connectivity index (χ2n) is 10.5. The Labute approximate surface area is 238 Å². The number of anilines is 1. The molecule has 3 N–H and O–H groups in total. The van der Waals surface area contributed by atoms with Gasteiger partial charge in [0.25, 0.3) is 17.7 Å². The average Bonchev–Trinajstić information content (AvgIpc) is 3.28. The highest BCUT2D eigenvalue weighted by Crippen LogP contribution is 2.60. The summed E-state index contributed by atoms with van der Waals surface area (Å²) in [5, 5.41) is 2.79. The van der Waals surface area contributed by atoms with E-state index in [1.165, 1.54) is 12.1 Å². The van der Waals surface area contributed by atoms with Gasteiger partial charge in [-0.3, -0.25) is 19.5 Å². The fraction of sp³-hybridized carbons (Fsp3) is 0.464. The monoisotopic (exact) mass is 599 g/mol. The molecule has 2 aromatic rings. The topological polar surface area (TPSA) is 91.0 Å². The summed E-state index contributed by atoms with van der Waals surface area (Å²) >= 11 is -5.32. The zero-order valence-electron chi connectivity index (χ0n) is 22.7. The van der Waals surface area contributed by atoms with Crippen molar-refractivity contribution < 1.29 is 30.0 Å². The summed E-state index contributed by atoms with van der Waals surface area (Å²) in [7, 11) is 0. The lowest BCUT2D eigenvalue weighted by molar-refractivity contribution is 0.0124. The van der Waals surface area contributed by atoms with E-state index in [-0.39, 0.29) is 42.8 Å². The second kappa shape index (κ2) is 12.8. The summed E-state index contributed by atoms with van der Waals surface area (Å²) in [5.41, 5.74) is 8.59. The standard InChI is InChI=1S/C28H34F5N5O2S/c1-19-23(26(39)36-11-15-37-14-10-28(29,30)18-37)6-7-25(34)24(19)17-35-16-20-8-12-38(13-9-20)27(40)21-2-4-22(5-3-21)41(31,32)33/h2-7,17,20H,8-16,18,34H2,1H3,(H,36,39). The van der Waals surface area contributed by atoms with Crippen molar-refractivity contribution >= 4 is 34.9 Å². The van der Waals surface area contributed by atoms with Crippen LogP contribution < -0.4 is 11.1 Å². The van der Waals surface area contributed by atoms with Crippen LogP contribution in [0, 0.1) is 12.8 Å². The third kappa shape index (κ3) is 7.97. The highest BCUT2D eigenvalue weighted by molar-refractivity contribution is 8.20. The predicted molar refractivity (Wildman–Crippen MR) is 151 cm³/mol. The van der Waals surface area contributed by atoms with Gasteiger partial charge in [0.1, 0.15) is 0 Å². The third-order valence-corrected chi connectivity index (χ3v) is 8.42. The number of carbonyl (C=O) groups is 2. The third-order valence-electron chi connectivity index (χ3n) is 7.61. The van der Waals surface area contributed by atoms with E-state index in [0.717, 1.165) is 12.1 Å². The Morgan fingerprint density at radius 3 is 2.39 bits per heavy atom. The maximum atomic E-state index is 13.4. The number of hydrogen-bond donors (Lipinski definition) is 2. The molecule has 0 bridgehead atoms. The molecule has 2 heterocycles. The van der Waals surface area contributed by atoms with E-state index in [1.807, 2.05) is 0 Å². The number of nitrogens with zero attached hydrogens (tertiary/aromatic N) is 3. The van der Waals surface area contributed by atoms with Crippen molar-refractivity contribution in [3.63, 3.8) is 0 Å². The van der Waals surface area contributed by atoms with E-state index in [1.54, 1.807) is 35.1 Å². The number of nitrogen functional groups attached to an aromatic ring is 1. The average molecular weight is 600 g/mol. The van der Waals surface area contributed by atoms with Gasteiger partial charge >= 0.3 is 0 Å². The molecule has 2 aliphatic heterocycles. The Balaban J connectivity index is 1.27. The van der Waals surface area contributed by atoms with Crippen LogP contribution in [-0.4, -0.2) is 79.6 Å². The number of likely N-dealkylation sites (tertiary alicyclic amines) is 2. The lowest BCUT2D eigenvalue weighted by Crippen LogP contribution is -2.39. The van der Waals surface area contributed by atoms with Crippen molar-refractivity contribution in [2.24, 2.45) is 10.9 Å². The molecule has 0 spiro atoms. The molecule has 0 atom stereocenters. The molecule has 13 heteroatoms. The number of nitrogens with one attached hydrogen (secondary N) is 1. The van der Waals surface area contributed by atoms with Gasteiger partial charge in [-0.05, 0) is 67.6 Å². The maximum absolute atomic E-state index is 13.4. The van der Waals surface area contributed by atoms with Crippen LogP contribution in [0.4, 0.5) is 26.1 Å². The number of hydrogen-bond acceptors (Lipinski definition) is 5. The number of alkyl halides is 2. The summed E-state index contributed by atoms with van der Waals surface area (Å²) in [6, 6.07) is 7.63. The molecular formula is C28H34F5N5O2S. The number of nitrogens with two attached hydrogens (primary N) is 1. The number of halogens is 5. The summed E-state index contributed by atoms with van der Waals surface area (Å²) in [6.07, 6.45) is 2.89. The summed E-state index contributed by atoms with van der Waals surface area (Å²) in [5.74, 6) is -3.05. The van der Waals surface area contributed by atoms with Gasteiger partial charge in [-0.1, -0.05) is 0 Å². The zero-order valence-corrected chi connectivity index (χ0v) is 23.5. The molecule has 0 aromatic heterocycles. The first kappa shape index (κ1) is 30.8. The highest BCUT2D eigenvalue weighted by Gasteiger charge is 2.37. The van der Waals surface area contributed by atoms with Gasteiger partial charge in [0, 0.05) is 74.3 Å². The van der Waals surface area contributed by atoms with Crippen molar-refractivity contribution in [3.05, 3.63) is 58.7 Å². The van der Waals surface area contributed by atoms with Crippen molar-refractivity contribution in [1.82, 2.24) is 15.1 Å². The van der Waals surface area contributed by atoms with Crippen LogP contribution in [0.3, 0.4) is 0 Å². The molecular weight excluding hydrogens is 565 g/mol. The number of amides is 2.